The Morgan fingerprint density at radius 3 is 2.57 bits per heavy atom. The third kappa shape index (κ3) is 4.00. The number of rotatable bonds is 6. The fourth-order valence-electron chi connectivity index (χ4n) is 2.33. The highest BCUT2D eigenvalue weighted by Gasteiger charge is 2.19. The van der Waals surface area contributed by atoms with E-state index in [1.807, 2.05) is 43.3 Å². The molecule has 0 aliphatic carbocycles. The van der Waals surface area contributed by atoms with Crippen LogP contribution in [-0.2, 0) is 0 Å². The molecule has 0 saturated heterocycles. The summed E-state index contributed by atoms with van der Waals surface area (Å²) in [5, 5.41) is 4.23. The summed E-state index contributed by atoms with van der Waals surface area (Å²) < 4.78 is 6.73. The van der Waals surface area contributed by atoms with Gasteiger partial charge in [0.1, 0.15) is 5.75 Å². The summed E-state index contributed by atoms with van der Waals surface area (Å²) in [6.07, 6.45) is 0. The summed E-state index contributed by atoms with van der Waals surface area (Å²) in [6.45, 7) is 5.57. The van der Waals surface area contributed by atoms with E-state index in [1.54, 1.807) is 0 Å². The van der Waals surface area contributed by atoms with Crippen LogP contribution in [0.15, 0.2) is 46.9 Å². The van der Waals surface area contributed by atoms with Gasteiger partial charge < -0.3 is 10.1 Å². The zero-order valence-corrected chi connectivity index (χ0v) is 14.5. The van der Waals surface area contributed by atoms with Gasteiger partial charge in [0.05, 0.1) is 12.6 Å². The molecule has 2 rings (SSSR count). The molecule has 0 bridgehead atoms. The van der Waals surface area contributed by atoms with Crippen LogP contribution in [0.5, 0.6) is 5.75 Å². The first-order chi connectivity index (χ1) is 10.2. The van der Waals surface area contributed by atoms with Crippen molar-refractivity contribution in [1.29, 1.82) is 0 Å². The number of hydrogen-bond acceptors (Lipinski definition) is 2. The fraction of sp³-hybridized carbons (Fsp3) is 0.294. The van der Waals surface area contributed by atoms with Gasteiger partial charge in [-0.05, 0) is 37.2 Å². The predicted molar refractivity (Wildman–Crippen MR) is 92.3 cm³/mol. The third-order valence-electron chi connectivity index (χ3n) is 3.21. The van der Waals surface area contributed by atoms with E-state index in [0.717, 1.165) is 32.9 Å². The third-order valence-corrected chi connectivity index (χ3v) is 4.03. The van der Waals surface area contributed by atoms with Crippen LogP contribution in [0.1, 0.15) is 31.0 Å². The lowest BCUT2D eigenvalue weighted by atomic mass is 9.97. The van der Waals surface area contributed by atoms with Crippen molar-refractivity contribution >= 4 is 27.5 Å². The zero-order valence-electron chi connectivity index (χ0n) is 12.2. The van der Waals surface area contributed by atoms with Crippen LogP contribution in [0.3, 0.4) is 0 Å². The van der Waals surface area contributed by atoms with Crippen molar-refractivity contribution in [2.24, 2.45) is 0 Å². The Labute approximate surface area is 139 Å². The summed E-state index contributed by atoms with van der Waals surface area (Å²) >= 11 is 9.88. The first-order valence-corrected chi connectivity index (χ1v) is 8.24. The van der Waals surface area contributed by atoms with Crippen LogP contribution >= 0.6 is 27.5 Å². The highest BCUT2D eigenvalue weighted by molar-refractivity contribution is 9.10. The largest absolute Gasteiger partial charge is 0.494 e. The Morgan fingerprint density at radius 2 is 1.90 bits per heavy atom. The number of hydrogen-bond donors (Lipinski definition) is 1. The molecule has 112 valence electrons. The minimum absolute atomic E-state index is 0.0124. The molecule has 2 aromatic rings. The molecular formula is C17H19BrClNO. The van der Waals surface area contributed by atoms with Gasteiger partial charge in [-0.2, -0.15) is 0 Å². The molecule has 1 N–H and O–H groups in total. The van der Waals surface area contributed by atoms with Crippen molar-refractivity contribution in [2.75, 3.05) is 13.2 Å². The topological polar surface area (TPSA) is 21.3 Å². The maximum absolute atomic E-state index is 6.43. The van der Waals surface area contributed by atoms with Crippen LogP contribution in [0.2, 0.25) is 5.02 Å². The number of benzene rings is 2. The second kappa shape index (κ2) is 7.83. The summed E-state index contributed by atoms with van der Waals surface area (Å²) in [5.41, 5.74) is 2.15. The number of nitrogens with one attached hydrogen (secondary N) is 1. The van der Waals surface area contributed by atoms with Gasteiger partial charge in [-0.1, -0.05) is 58.7 Å². The molecule has 0 fully saturated rings. The lowest BCUT2D eigenvalue weighted by Gasteiger charge is -2.22. The van der Waals surface area contributed by atoms with Crippen molar-refractivity contribution in [3.05, 3.63) is 63.1 Å². The highest BCUT2D eigenvalue weighted by atomic mass is 79.9. The van der Waals surface area contributed by atoms with Crippen LogP contribution in [-0.4, -0.2) is 13.2 Å². The van der Waals surface area contributed by atoms with Crippen LogP contribution in [0.25, 0.3) is 0 Å². The van der Waals surface area contributed by atoms with E-state index in [4.69, 9.17) is 16.3 Å². The Hall–Kier alpha value is -1.03. The predicted octanol–water partition coefficient (Wildman–Crippen LogP) is 5.20. The molecule has 0 aromatic heterocycles. The Balaban J connectivity index is 2.48. The van der Waals surface area contributed by atoms with E-state index in [2.05, 4.69) is 34.2 Å². The standard InChI is InChI=1S/C17H19BrClNO/c1-3-20-17(13-10-9-12(18)11-15(13)19)14-7-5-6-8-16(14)21-4-2/h5-11,17,20H,3-4H2,1-2H3. The maximum atomic E-state index is 6.43. The smallest absolute Gasteiger partial charge is 0.124 e. The Bertz CT molecular complexity index is 603. The van der Waals surface area contributed by atoms with Crippen molar-refractivity contribution in [3.8, 4) is 5.75 Å². The molecule has 1 unspecified atom stereocenters. The molecule has 0 saturated carbocycles. The van der Waals surface area contributed by atoms with Gasteiger partial charge in [-0.25, -0.2) is 0 Å². The average molecular weight is 369 g/mol. The number of halogens is 2. The summed E-state index contributed by atoms with van der Waals surface area (Å²) in [7, 11) is 0. The molecule has 0 spiro atoms. The molecule has 0 amide bonds. The summed E-state index contributed by atoms with van der Waals surface area (Å²) in [5.74, 6) is 0.893. The van der Waals surface area contributed by atoms with Crippen molar-refractivity contribution in [1.82, 2.24) is 5.32 Å². The molecule has 0 aliphatic rings. The van der Waals surface area contributed by atoms with E-state index in [9.17, 15) is 0 Å². The summed E-state index contributed by atoms with van der Waals surface area (Å²) in [6, 6.07) is 14.1. The lowest BCUT2D eigenvalue weighted by Crippen LogP contribution is -2.23. The lowest BCUT2D eigenvalue weighted by molar-refractivity contribution is 0.333. The van der Waals surface area contributed by atoms with Crippen LogP contribution in [0.4, 0.5) is 0 Å². The quantitative estimate of drug-likeness (QED) is 0.756. The van der Waals surface area contributed by atoms with Crippen LogP contribution < -0.4 is 10.1 Å². The normalized spacial score (nSPS) is 12.2. The SMILES string of the molecule is CCNC(c1ccc(Br)cc1Cl)c1ccccc1OCC. The van der Waals surface area contributed by atoms with Gasteiger partial charge in [0, 0.05) is 15.1 Å². The minimum atomic E-state index is 0.0124. The van der Waals surface area contributed by atoms with E-state index in [-0.39, 0.29) is 6.04 Å². The van der Waals surface area contributed by atoms with Gasteiger partial charge in [0.2, 0.25) is 0 Å². The Kier molecular flexibility index (Phi) is 6.09. The molecule has 2 aromatic carbocycles. The summed E-state index contributed by atoms with van der Waals surface area (Å²) in [4.78, 5) is 0. The van der Waals surface area contributed by atoms with Gasteiger partial charge in [0.25, 0.3) is 0 Å². The molecule has 2 nitrogen and oxygen atoms in total. The number of para-hydroxylation sites is 1. The van der Waals surface area contributed by atoms with E-state index < -0.39 is 0 Å². The molecule has 0 aliphatic heterocycles. The van der Waals surface area contributed by atoms with Crippen molar-refractivity contribution in [3.63, 3.8) is 0 Å². The molecular weight excluding hydrogens is 350 g/mol. The van der Waals surface area contributed by atoms with Gasteiger partial charge in [-0.3, -0.25) is 0 Å². The molecule has 21 heavy (non-hydrogen) atoms. The molecule has 0 radical (unpaired) electrons. The first-order valence-electron chi connectivity index (χ1n) is 7.07. The second-order valence-electron chi connectivity index (χ2n) is 4.63. The zero-order chi connectivity index (χ0) is 15.2. The van der Waals surface area contributed by atoms with E-state index in [0.29, 0.717) is 6.61 Å². The van der Waals surface area contributed by atoms with Crippen LogP contribution in [0, 0.1) is 0 Å². The molecule has 4 heteroatoms. The van der Waals surface area contributed by atoms with E-state index >= 15 is 0 Å². The minimum Gasteiger partial charge on any atom is -0.494 e. The monoisotopic (exact) mass is 367 g/mol. The van der Waals surface area contributed by atoms with Crippen molar-refractivity contribution in [2.45, 2.75) is 19.9 Å². The highest BCUT2D eigenvalue weighted by Crippen LogP contribution is 2.34. The first kappa shape index (κ1) is 16.3. The average Bonchev–Trinajstić information content (AvgIpc) is 2.47. The molecule has 1 atom stereocenters. The molecule has 0 heterocycles. The Morgan fingerprint density at radius 1 is 1.14 bits per heavy atom. The van der Waals surface area contributed by atoms with Gasteiger partial charge >= 0.3 is 0 Å². The van der Waals surface area contributed by atoms with Crippen molar-refractivity contribution < 1.29 is 4.74 Å². The van der Waals surface area contributed by atoms with Gasteiger partial charge in [-0.15, -0.1) is 0 Å². The van der Waals surface area contributed by atoms with Gasteiger partial charge in [0.15, 0.2) is 0 Å². The van der Waals surface area contributed by atoms with E-state index in [1.165, 1.54) is 0 Å². The fourth-order valence-corrected chi connectivity index (χ4v) is 3.12. The number of ether oxygens (including phenoxy) is 1. The maximum Gasteiger partial charge on any atom is 0.124 e. The second-order valence-corrected chi connectivity index (χ2v) is 5.95.